The molecule has 0 bridgehead atoms. The lowest BCUT2D eigenvalue weighted by Crippen LogP contribution is -2.05. The number of rotatable bonds is 3. The lowest BCUT2D eigenvalue weighted by molar-refractivity contribution is 0.600. The molecule has 0 atom stereocenters. The highest BCUT2D eigenvalue weighted by Crippen LogP contribution is 2.31. The van der Waals surface area contributed by atoms with Crippen molar-refractivity contribution in [2.24, 2.45) is 10.2 Å². The average Bonchev–Trinajstić information content (AvgIpc) is 2.84. The summed E-state index contributed by atoms with van der Waals surface area (Å²) in [5, 5.41) is 7.98. The third kappa shape index (κ3) is 2.49. The topological polar surface area (TPSA) is 24.7 Å². The van der Waals surface area contributed by atoms with Crippen LogP contribution in [0.25, 0.3) is 0 Å². The summed E-state index contributed by atoms with van der Waals surface area (Å²) >= 11 is 2.32. The molecule has 0 N–H and O–H groups in total. The zero-order valence-corrected chi connectivity index (χ0v) is 9.65. The van der Waals surface area contributed by atoms with Crippen LogP contribution in [-0.4, -0.2) is 5.66 Å². The standard InChI is InChI=1S/C10H11IN2/c1-10(12-13-10)7-6-8-2-4-9(11)5-3-8/h2-5H,6-7H2,1H3. The Morgan fingerprint density at radius 1 is 1.23 bits per heavy atom. The van der Waals surface area contributed by atoms with Gasteiger partial charge < -0.3 is 0 Å². The fraction of sp³-hybridized carbons (Fsp3) is 0.400. The van der Waals surface area contributed by atoms with Crippen molar-refractivity contribution in [3.8, 4) is 0 Å². The van der Waals surface area contributed by atoms with Gasteiger partial charge in [-0.3, -0.25) is 0 Å². The molecule has 1 aliphatic heterocycles. The van der Waals surface area contributed by atoms with Crippen LogP contribution >= 0.6 is 22.6 Å². The third-order valence-corrected chi connectivity index (χ3v) is 2.96. The van der Waals surface area contributed by atoms with Gasteiger partial charge in [0.05, 0.1) is 0 Å². The van der Waals surface area contributed by atoms with Gasteiger partial charge >= 0.3 is 0 Å². The maximum Gasteiger partial charge on any atom is 0.188 e. The zero-order chi connectivity index (χ0) is 9.31. The summed E-state index contributed by atoms with van der Waals surface area (Å²) in [6.45, 7) is 2.07. The molecule has 1 aromatic carbocycles. The van der Waals surface area contributed by atoms with E-state index in [1.54, 1.807) is 0 Å². The van der Waals surface area contributed by atoms with Crippen LogP contribution in [0.4, 0.5) is 0 Å². The molecule has 13 heavy (non-hydrogen) atoms. The van der Waals surface area contributed by atoms with Gasteiger partial charge in [-0.15, -0.1) is 0 Å². The van der Waals surface area contributed by atoms with E-state index < -0.39 is 0 Å². The van der Waals surface area contributed by atoms with E-state index in [4.69, 9.17) is 0 Å². The van der Waals surface area contributed by atoms with E-state index in [-0.39, 0.29) is 5.66 Å². The van der Waals surface area contributed by atoms with Crippen LogP contribution in [0, 0.1) is 3.57 Å². The van der Waals surface area contributed by atoms with Crippen LogP contribution in [0.3, 0.4) is 0 Å². The number of benzene rings is 1. The fourth-order valence-electron chi connectivity index (χ4n) is 1.22. The first-order valence-corrected chi connectivity index (χ1v) is 5.44. The van der Waals surface area contributed by atoms with Crippen molar-refractivity contribution in [1.82, 2.24) is 0 Å². The maximum absolute atomic E-state index is 3.99. The van der Waals surface area contributed by atoms with Crippen LogP contribution in [0.5, 0.6) is 0 Å². The van der Waals surface area contributed by atoms with Gasteiger partial charge in [-0.2, -0.15) is 10.2 Å². The van der Waals surface area contributed by atoms with Gasteiger partial charge in [0.1, 0.15) is 0 Å². The third-order valence-electron chi connectivity index (χ3n) is 2.24. The van der Waals surface area contributed by atoms with Crippen molar-refractivity contribution in [3.05, 3.63) is 33.4 Å². The minimum absolute atomic E-state index is 0.0526. The lowest BCUT2D eigenvalue weighted by Gasteiger charge is -2.03. The molecule has 1 aromatic rings. The number of nitrogens with zero attached hydrogens (tertiary/aromatic N) is 2. The van der Waals surface area contributed by atoms with Gasteiger partial charge in [-0.05, 0) is 53.6 Å². The predicted molar refractivity (Wildman–Crippen MR) is 60.7 cm³/mol. The van der Waals surface area contributed by atoms with Gasteiger partial charge in [0.15, 0.2) is 5.66 Å². The summed E-state index contributed by atoms with van der Waals surface area (Å²) in [6.07, 6.45) is 2.11. The Balaban J connectivity index is 1.91. The Kier molecular flexibility index (Phi) is 2.36. The molecular formula is C10H11IN2. The van der Waals surface area contributed by atoms with Crippen LogP contribution in [0.2, 0.25) is 0 Å². The van der Waals surface area contributed by atoms with E-state index in [1.165, 1.54) is 9.13 Å². The molecule has 0 aromatic heterocycles. The summed E-state index contributed by atoms with van der Waals surface area (Å²) < 4.78 is 1.29. The van der Waals surface area contributed by atoms with Crippen molar-refractivity contribution in [1.29, 1.82) is 0 Å². The second-order valence-corrected chi connectivity index (χ2v) is 4.79. The van der Waals surface area contributed by atoms with Gasteiger partial charge in [-0.25, -0.2) is 0 Å². The molecule has 0 spiro atoms. The Morgan fingerprint density at radius 2 is 1.85 bits per heavy atom. The van der Waals surface area contributed by atoms with E-state index in [2.05, 4.69) is 64.0 Å². The molecule has 0 amide bonds. The number of hydrogen-bond acceptors (Lipinski definition) is 2. The van der Waals surface area contributed by atoms with Crippen LogP contribution in [-0.2, 0) is 6.42 Å². The van der Waals surface area contributed by atoms with Crippen LogP contribution in [0.1, 0.15) is 18.9 Å². The van der Waals surface area contributed by atoms with E-state index in [1.807, 2.05) is 0 Å². The Bertz CT molecular complexity index is 323. The Labute approximate surface area is 91.6 Å². The molecule has 2 nitrogen and oxygen atoms in total. The SMILES string of the molecule is CC1(CCc2ccc(I)cc2)N=N1. The minimum atomic E-state index is -0.0526. The molecule has 3 heteroatoms. The normalized spacial score (nSPS) is 17.4. The van der Waals surface area contributed by atoms with Gasteiger partial charge in [0.2, 0.25) is 0 Å². The first-order valence-electron chi connectivity index (χ1n) is 4.36. The van der Waals surface area contributed by atoms with Gasteiger partial charge in [0.25, 0.3) is 0 Å². The van der Waals surface area contributed by atoms with Crippen molar-refractivity contribution < 1.29 is 0 Å². The quantitative estimate of drug-likeness (QED) is 0.761. The molecule has 0 saturated carbocycles. The summed E-state index contributed by atoms with van der Waals surface area (Å²) in [5.41, 5.74) is 1.32. The highest BCUT2D eigenvalue weighted by atomic mass is 127. The smallest absolute Gasteiger partial charge is 0.159 e. The van der Waals surface area contributed by atoms with E-state index >= 15 is 0 Å². The van der Waals surface area contributed by atoms with Gasteiger partial charge in [0, 0.05) is 9.99 Å². The number of aryl methyl sites for hydroxylation is 1. The van der Waals surface area contributed by atoms with Crippen LogP contribution < -0.4 is 0 Å². The van der Waals surface area contributed by atoms with E-state index in [0.717, 1.165) is 12.8 Å². The number of hydrogen-bond donors (Lipinski definition) is 0. The van der Waals surface area contributed by atoms with Crippen molar-refractivity contribution >= 4 is 22.6 Å². The monoisotopic (exact) mass is 286 g/mol. The van der Waals surface area contributed by atoms with Crippen molar-refractivity contribution in [3.63, 3.8) is 0 Å². The molecule has 1 heterocycles. The summed E-state index contributed by atoms with van der Waals surface area (Å²) in [6, 6.07) is 8.62. The molecule has 68 valence electrons. The van der Waals surface area contributed by atoms with Gasteiger partial charge in [-0.1, -0.05) is 12.1 Å². The first-order chi connectivity index (χ1) is 6.18. The molecule has 0 aliphatic carbocycles. The second-order valence-electron chi connectivity index (χ2n) is 3.54. The lowest BCUT2D eigenvalue weighted by atomic mass is 10.0. The minimum Gasteiger partial charge on any atom is -0.159 e. The summed E-state index contributed by atoms with van der Waals surface area (Å²) in [4.78, 5) is 0. The molecule has 0 fully saturated rings. The molecular weight excluding hydrogens is 275 g/mol. The Morgan fingerprint density at radius 3 is 2.38 bits per heavy atom. The first kappa shape index (κ1) is 9.12. The summed E-state index contributed by atoms with van der Waals surface area (Å²) in [5.74, 6) is 0. The Hall–Kier alpha value is -0.450. The average molecular weight is 286 g/mol. The fourth-order valence-corrected chi connectivity index (χ4v) is 1.58. The van der Waals surface area contributed by atoms with Crippen molar-refractivity contribution in [2.45, 2.75) is 25.4 Å². The maximum atomic E-state index is 3.99. The second kappa shape index (κ2) is 3.36. The molecule has 0 radical (unpaired) electrons. The van der Waals surface area contributed by atoms with E-state index in [9.17, 15) is 0 Å². The molecule has 0 saturated heterocycles. The summed E-state index contributed by atoms with van der Waals surface area (Å²) in [7, 11) is 0. The van der Waals surface area contributed by atoms with Crippen molar-refractivity contribution in [2.75, 3.05) is 0 Å². The molecule has 0 unspecified atom stereocenters. The van der Waals surface area contributed by atoms with E-state index in [0.29, 0.717) is 0 Å². The van der Waals surface area contributed by atoms with Crippen LogP contribution in [0.15, 0.2) is 34.5 Å². The highest BCUT2D eigenvalue weighted by Gasteiger charge is 2.32. The number of halogens is 1. The zero-order valence-electron chi connectivity index (χ0n) is 7.50. The highest BCUT2D eigenvalue weighted by molar-refractivity contribution is 14.1. The largest absolute Gasteiger partial charge is 0.188 e. The molecule has 1 aliphatic rings. The predicted octanol–water partition coefficient (Wildman–Crippen LogP) is 3.41. The molecule has 2 rings (SSSR count).